The number of thioether (sulfide) groups is 1. The van der Waals surface area contributed by atoms with Gasteiger partial charge in [-0.25, -0.2) is 4.98 Å². The lowest BCUT2D eigenvalue weighted by Crippen LogP contribution is -2.14. The van der Waals surface area contributed by atoms with E-state index in [1.165, 1.54) is 11.8 Å². The van der Waals surface area contributed by atoms with E-state index in [9.17, 15) is 9.90 Å². The first-order valence-corrected chi connectivity index (χ1v) is 9.79. The first-order valence-electron chi connectivity index (χ1n) is 8.80. The molecule has 0 bridgehead atoms. The normalized spacial score (nSPS) is 10.9. The third kappa shape index (κ3) is 4.08. The molecule has 0 unspecified atom stereocenters. The highest BCUT2D eigenvalue weighted by atomic mass is 32.2. The fourth-order valence-electron chi connectivity index (χ4n) is 2.87. The summed E-state index contributed by atoms with van der Waals surface area (Å²) in [6.07, 6.45) is 0. The van der Waals surface area contributed by atoms with Crippen molar-refractivity contribution >= 4 is 34.5 Å². The van der Waals surface area contributed by atoms with Crippen molar-refractivity contribution in [3.8, 4) is 0 Å². The molecule has 1 amide bonds. The van der Waals surface area contributed by atoms with E-state index in [0.717, 1.165) is 22.2 Å². The van der Waals surface area contributed by atoms with E-state index >= 15 is 0 Å². The van der Waals surface area contributed by atoms with Crippen LogP contribution in [0.1, 0.15) is 21.5 Å². The molecule has 5 nitrogen and oxygen atoms in total. The molecular weight excluding hydrogens is 372 g/mol. The van der Waals surface area contributed by atoms with Gasteiger partial charge in [0, 0.05) is 17.0 Å². The highest BCUT2D eigenvalue weighted by molar-refractivity contribution is 7.98. The maximum atomic E-state index is 12.8. The Kier molecular flexibility index (Phi) is 5.41. The number of nitrogens with one attached hydrogen (secondary N) is 1. The smallest absolute Gasteiger partial charge is 0.257 e. The van der Waals surface area contributed by atoms with Crippen LogP contribution in [0, 0.1) is 0 Å². The van der Waals surface area contributed by atoms with Crippen LogP contribution >= 0.6 is 11.8 Å². The van der Waals surface area contributed by atoms with Crippen molar-refractivity contribution in [2.45, 2.75) is 17.6 Å². The van der Waals surface area contributed by atoms with Gasteiger partial charge in [-0.1, -0.05) is 54.2 Å². The number of anilines is 1. The number of nitrogens with zero attached hydrogens (tertiary/aromatic N) is 1. The Bertz CT molecular complexity index is 1090. The molecule has 0 aliphatic rings. The molecule has 0 atom stereocenters. The fraction of sp³-hybridized carbons (Fsp3) is 0.0909. The Hall–Kier alpha value is -3.09. The lowest BCUT2D eigenvalue weighted by Gasteiger charge is -2.10. The number of aliphatic hydroxyl groups is 1. The molecule has 0 saturated carbocycles. The Balaban J connectivity index is 1.50. The quantitative estimate of drug-likeness (QED) is 0.460. The molecule has 0 fully saturated rings. The van der Waals surface area contributed by atoms with Crippen molar-refractivity contribution in [2.75, 3.05) is 5.32 Å². The van der Waals surface area contributed by atoms with Crippen LogP contribution in [-0.2, 0) is 12.4 Å². The summed E-state index contributed by atoms with van der Waals surface area (Å²) < 4.78 is 5.74. The number of benzene rings is 3. The summed E-state index contributed by atoms with van der Waals surface area (Å²) >= 11 is 1.45. The minimum atomic E-state index is -0.191. The summed E-state index contributed by atoms with van der Waals surface area (Å²) in [7, 11) is 0. The predicted molar refractivity (Wildman–Crippen MR) is 110 cm³/mol. The Labute approximate surface area is 166 Å². The van der Waals surface area contributed by atoms with Gasteiger partial charge in [-0.2, -0.15) is 0 Å². The van der Waals surface area contributed by atoms with Crippen molar-refractivity contribution in [3.05, 3.63) is 89.5 Å². The second-order valence-corrected chi connectivity index (χ2v) is 7.13. The predicted octanol–water partition coefficient (Wildman–Crippen LogP) is 4.86. The number of hydrogen-bond donors (Lipinski definition) is 2. The van der Waals surface area contributed by atoms with Crippen LogP contribution < -0.4 is 5.32 Å². The van der Waals surface area contributed by atoms with Crippen molar-refractivity contribution in [1.29, 1.82) is 0 Å². The number of oxazole rings is 1. The molecule has 0 aliphatic carbocycles. The topological polar surface area (TPSA) is 75.4 Å². The molecule has 28 heavy (non-hydrogen) atoms. The summed E-state index contributed by atoms with van der Waals surface area (Å²) in [6.45, 7) is -0.0680. The number of rotatable bonds is 6. The zero-order valence-corrected chi connectivity index (χ0v) is 15.8. The number of hydrogen-bond acceptors (Lipinski definition) is 5. The molecule has 2 N–H and O–H groups in total. The third-order valence-corrected chi connectivity index (χ3v) is 5.13. The van der Waals surface area contributed by atoms with Gasteiger partial charge in [0.05, 0.1) is 6.61 Å². The van der Waals surface area contributed by atoms with Gasteiger partial charge in [0.2, 0.25) is 0 Å². The second-order valence-electron chi connectivity index (χ2n) is 6.21. The van der Waals surface area contributed by atoms with Gasteiger partial charge in [-0.05, 0) is 41.5 Å². The number of fused-ring (bicyclic) bond motifs is 1. The molecule has 1 aromatic heterocycles. The van der Waals surface area contributed by atoms with Gasteiger partial charge in [-0.3, -0.25) is 4.79 Å². The highest BCUT2D eigenvalue weighted by Crippen LogP contribution is 2.27. The molecular formula is C22H18N2O3S. The van der Waals surface area contributed by atoms with Crippen LogP contribution in [0.25, 0.3) is 11.1 Å². The fourth-order valence-corrected chi connectivity index (χ4v) is 3.71. The number of para-hydroxylation sites is 2. The SMILES string of the molecule is O=C(Nc1cccc(CO)c1)c1ccccc1CSc1nc2ccccc2o1. The van der Waals surface area contributed by atoms with E-state index in [2.05, 4.69) is 10.3 Å². The molecule has 4 aromatic rings. The van der Waals surface area contributed by atoms with Crippen molar-refractivity contribution in [3.63, 3.8) is 0 Å². The summed E-state index contributed by atoms with van der Waals surface area (Å²) in [4.78, 5) is 17.2. The lowest BCUT2D eigenvalue weighted by molar-refractivity contribution is 0.102. The largest absolute Gasteiger partial charge is 0.431 e. The molecule has 4 rings (SSSR count). The Morgan fingerprint density at radius 2 is 1.86 bits per heavy atom. The van der Waals surface area contributed by atoms with Gasteiger partial charge >= 0.3 is 0 Å². The van der Waals surface area contributed by atoms with Crippen LogP contribution in [0.15, 0.2) is 82.4 Å². The van der Waals surface area contributed by atoms with Gasteiger partial charge in [0.15, 0.2) is 5.58 Å². The standard InChI is InChI=1S/C22H18N2O3S/c25-13-15-6-5-8-17(12-15)23-21(26)18-9-2-1-7-16(18)14-28-22-24-19-10-3-4-11-20(19)27-22/h1-12,25H,13-14H2,(H,23,26). The van der Waals surface area contributed by atoms with E-state index in [4.69, 9.17) is 4.42 Å². The van der Waals surface area contributed by atoms with E-state index in [-0.39, 0.29) is 12.5 Å². The zero-order valence-electron chi connectivity index (χ0n) is 15.0. The average molecular weight is 390 g/mol. The first kappa shape index (κ1) is 18.3. The summed E-state index contributed by atoms with van der Waals surface area (Å²) in [5, 5.41) is 12.7. The molecule has 1 heterocycles. The monoisotopic (exact) mass is 390 g/mol. The lowest BCUT2D eigenvalue weighted by atomic mass is 10.1. The van der Waals surface area contributed by atoms with Crippen molar-refractivity contribution < 1.29 is 14.3 Å². The molecule has 0 aliphatic heterocycles. The van der Waals surface area contributed by atoms with E-state index in [1.54, 1.807) is 30.3 Å². The van der Waals surface area contributed by atoms with Crippen LogP contribution in [0.4, 0.5) is 5.69 Å². The number of aliphatic hydroxyl groups excluding tert-OH is 1. The van der Waals surface area contributed by atoms with Gasteiger partial charge < -0.3 is 14.8 Å². The molecule has 140 valence electrons. The zero-order chi connectivity index (χ0) is 19.3. The first-order chi connectivity index (χ1) is 13.7. The Morgan fingerprint density at radius 3 is 2.71 bits per heavy atom. The van der Waals surface area contributed by atoms with E-state index in [0.29, 0.717) is 22.2 Å². The van der Waals surface area contributed by atoms with Crippen molar-refractivity contribution in [1.82, 2.24) is 4.98 Å². The van der Waals surface area contributed by atoms with Crippen LogP contribution in [0.5, 0.6) is 0 Å². The third-order valence-electron chi connectivity index (χ3n) is 4.25. The van der Waals surface area contributed by atoms with Crippen LogP contribution in [0.3, 0.4) is 0 Å². The molecule has 0 saturated heterocycles. The molecule has 6 heteroatoms. The summed E-state index contributed by atoms with van der Waals surface area (Å²) in [5.41, 5.74) is 4.46. The van der Waals surface area contributed by atoms with E-state index in [1.807, 2.05) is 42.5 Å². The number of carbonyl (C=O) groups excluding carboxylic acids is 1. The van der Waals surface area contributed by atoms with Gasteiger partial charge in [0.1, 0.15) is 5.52 Å². The van der Waals surface area contributed by atoms with Crippen LogP contribution in [0.2, 0.25) is 0 Å². The number of carbonyl (C=O) groups is 1. The minimum absolute atomic E-state index is 0.0680. The van der Waals surface area contributed by atoms with E-state index < -0.39 is 0 Å². The minimum Gasteiger partial charge on any atom is -0.431 e. The average Bonchev–Trinajstić information content (AvgIpc) is 3.15. The summed E-state index contributed by atoms with van der Waals surface area (Å²) in [5.74, 6) is 0.372. The Morgan fingerprint density at radius 1 is 1.04 bits per heavy atom. The molecule has 0 radical (unpaired) electrons. The molecule has 0 spiro atoms. The molecule has 3 aromatic carbocycles. The van der Waals surface area contributed by atoms with Gasteiger partial charge in [-0.15, -0.1) is 0 Å². The highest BCUT2D eigenvalue weighted by Gasteiger charge is 2.13. The van der Waals surface area contributed by atoms with Crippen molar-refractivity contribution in [2.24, 2.45) is 0 Å². The number of amides is 1. The maximum Gasteiger partial charge on any atom is 0.257 e. The number of aromatic nitrogens is 1. The van der Waals surface area contributed by atoms with Gasteiger partial charge in [0.25, 0.3) is 11.1 Å². The maximum absolute atomic E-state index is 12.8. The summed E-state index contributed by atoms with van der Waals surface area (Å²) in [6, 6.07) is 22.3. The van der Waals surface area contributed by atoms with Crippen LogP contribution in [-0.4, -0.2) is 16.0 Å². The second kappa shape index (κ2) is 8.29.